The fourth-order valence-corrected chi connectivity index (χ4v) is 2.49. The normalized spacial score (nSPS) is 10.7. The minimum atomic E-state index is -0.596. The van der Waals surface area contributed by atoms with Gasteiger partial charge in [0.2, 0.25) is 23.7 Å². The second-order valence-corrected chi connectivity index (χ2v) is 5.65. The molecule has 0 aliphatic carbocycles. The van der Waals surface area contributed by atoms with E-state index in [0.29, 0.717) is 19.6 Å². The number of hydrogen-bond donors (Lipinski definition) is 2. The van der Waals surface area contributed by atoms with Crippen molar-refractivity contribution in [1.82, 2.24) is 9.97 Å². The van der Waals surface area contributed by atoms with Crippen LogP contribution < -0.4 is 15.8 Å². The Morgan fingerprint density at radius 2 is 1.67 bits per heavy atom. The van der Waals surface area contributed by atoms with Crippen LogP contribution in [0.5, 0.6) is 0 Å². The third-order valence-corrected chi connectivity index (χ3v) is 3.46. The first-order valence-corrected chi connectivity index (χ1v) is 8.66. The first-order chi connectivity index (χ1) is 12.7. The molecule has 150 valence electrons. The van der Waals surface area contributed by atoms with E-state index >= 15 is 0 Å². The van der Waals surface area contributed by atoms with E-state index in [9.17, 15) is 19.2 Å². The van der Waals surface area contributed by atoms with Crippen LogP contribution in [-0.2, 0) is 30.3 Å². The largest absolute Gasteiger partial charge is 0.353 e. The maximum Gasteiger partial charge on any atom is 0.257 e. The highest BCUT2D eigenvalue weighted by Crippen LogP contribution is 2.20. The number of aromatic amines is 1. The summed E-state index contributed by atoms with van der Waals surface area (Å²) in [5.74, 6) is -1.91. The van der Waals surface area contributed by atoms with Gasteiger partial charge in [-0.05, 0) is 20.3 Å². The van der Waals surface area contributed by atoms with Crippen LogP contribution in [0.3, 0.4) is 0 Å². The van der Waals surface area contributed by atoms with Crippen LogP contribution in [0, 0.1) is 0 Å². The van der Waals surface area contributed by atoms with Gasteiger partial charge in [0.1, 0.15) is 0 Å². The minimum absolute atomic E-state index is 0.116. The molecule has 10 heteroatoms. The van der Waals surface area contributed by atoms with E-state index in [-0.39, 0.29) is 23.8 Å². The Bertz CT molecular complexity index is 725. The number of imide groups is 1. The highest BCUT2D eigenvalue weighted by atomic mass is 16.7. The van der Waals surface area contributed by atoms with Crippen molar-refractivity contribution in [2.75, 3.05) is 23.4 Å². The first-order valence-electron chi connectivity index (χ1n) is 8.66. The highest BCUT2D eigenvalue weighted by molar-refractivity contribution is 6.13. The van der Waals surface area contributed by atoms with Crippen molar-refractivity contribution in [2.45, 2.75) is 53.8 Å². The predicted octanol–water partition coefficient (Wildman–Crippen LogP) is 0.959. The number of anilines is 2. The average Bonchev–Trinajstić information content (AvgIpc) is 2.53. The van der Waals surface area contributed by atoms with Gasteiger partial charge in [-0.25, -0.2) is 4.90 Å². The predicted molar refractivity (Wildman–Crippen MR) is 98.4 cm³/mol. The third-order valence-electron chi connectivity index (χ3n) is 3.46. The quantitative estimate of drug-likeness (QED) is 0.608. The number of rotatable bonds is 9. The van der Waals surface area contributed by atoms with Gasteiger partial charge < -0.3 is 9.47 Å². The second-order valence-electron chi connectivity index (χ2n) is 5.65. The number of carbonyl (C=O) groups excluding carboxylic acids is 3. The standard InChI is InChI=1S/C17H26N4O6/c1-6-26-14(27-7-2)9-8-13-15(21(11(4)23)12(5)24)19-17(18-10(3)22)20-16(13)25/h14H,6-9H2,1-5H3,(H2,18,19,20,22,25). The van der Waals surface area contributed by atoms with E-state index in [1.165, 1.54) is 20.8 Å². The molecule has 0 aliphatic rings. The average molecular weight is 382 g/mol. The third kappa shape index (κ3) is 6.57. The Hall–Kier alpha value is -2.59. The van der Waals surface area contributed by atoms with Gasteiger partial charge in [-0.3, -0.25) is 29.5 Å². The van der Waals surface area contributed by atoms with E-state index in [1.807, 2.05) is 13.8 Å². The second kappa shape index (κ2) is 10.5. The molecule has 1 aromatic rings. The van der Waals surface area contributed by atoms with Gasteiger partial charge in [0, 0.05) is 40.4 Å². The summed E-state index contributed by atoms with van der Waals surface area (Å²) in [6, 6.07) is 0. The number of nitrogens with zero attached hydrogens (tertiary/aromatic N) is 2. The van der Waals surface area contributed by atoms with Crippen LogP contribution in [0.4, 0.5) is 11.8 Å². The first kappa shape index (κ1) is 22.5. The molecule has 0 fully saturated rings. The molecule has 3 amide bonds. The van der Waals surface area contributed by atoms with E-state index in [1.54, 1.807) is 0 Å². The number of amides is 3. The molecule has 0 unspecified atom stereocenters. The van der Waals surface area contributed by atoms with Crippen LogP contribution in [0.2, 0.25) is 0 Å². The van der Waals surface area contributed by atoms with Crippen molar-refractivity contribution in [3.63, 3.8) is 0 Å². The van der Waals surface area contributed by atoms with Crippen LogP contribution in [0.25, 0.3) is 0 Å². The van der Waals surface area contributed by atoms with E-state index < -0.39 is 29.6 Å². The van der Waals surface area contributed by atoms with Crippen molar-refractivity contribution in [1.29, 1.82) is 0 Å². The molecule has 2 N–H and O–H groups in total. The Balaban J connectivity index is 3.35. The van der Waals surface area contributed by atoms with Gasteiger partial charge in [-0.2, -0.15) is 4.98 Å². The number of aromatic nitrogens is 2. The summed E-state index contributed by atoms with van der Waals surface area (Å²) in [5, 5.41) is 2.35. The molecule has 0 radical (unpaired) electrons. The zero-order valence-corrected chi connectivity index (χ0v) is 16.2. The van der Waals surface area contributed by atoms with Crippen LogP contribution in [0.15, 0.2) is 4.79 Å². The van der Waals surface area contributed by atoms with Crippen molar-refractivity contribution >= 4 is 29.5 Å². The number of hydrogen-bond acceptors (Lipinski definition) is 7. The fourth-order valence-electron chi connectivity index (χ4n) is 2.49. The van der Waals surface area contributed by atoms with Crippen molar-refractivity contribution in [2.24, 2.45) is 0 Å². The topological polar surface area (TPSA) is 131 Å². The zero-order valence-electron chi connectivity index (χ0n) is 16.2. The number of ether oxygens (including phenoxy) is 2. The van der Waals surface area contributed by atoms with Crippen LogP contribution >= 0.6 is 0 Å². The summed E-state index contributed by atoms with van der Waals surface area (Å²) in [5.41, 5.74) is -0.443. The van der Waals surface area contributed by atoms with Crippen molar-refractivity contribution in [3.05, 3.63) is 15.9 Å². The molecule has 1 aromatic heterocycles. The molecule has 0 atom stereocenters. The van der Waals surface area contributed by atoms with Gasteiger partial charge in [0.15, 0.2) is 12.1 Å². The molecule has 27 heavy (non-hydrogen) atoms. The van der Waals surface area contributed by atoms with Gasteiger partial charge in [-0.1, -0.05) is 0 Å². The summed E-state index contributed by atoms with van der Waals surface area (Å²) in [6.45, 7) is 8.13. The van der Waals surface area contributed by atoms with Gasteiger partial charge in [-0.15, -0.1) is 0 Å². The van der Waals surface area contributed by atoms with Crippen molar-refractivity contribution < 1.29 is 23.9 Å². The fraction of sp³-hybridized carbons (Fsp3) is 0.588. The van der Waals surface area contributed by atoms with E-state index in [0.717, 1.165) is 4.90 Å². The minimum Gasteiger partial charge on any atom is -0.353 e. The molecule has 0 saturated carbocycles. The lowest BCUT2D eigenvalue weighted by atomic mass is 10.1. The Labute approximate surface area is 157 Å². The summed E-state index contributed by atoms with van der Waals surface area (Å²) in [7, 11) is 0. The monoisotopic (exact) mass is 382 g/mol. The molecule has 1 rings (SSSR count). The molecular formula is C17H26N4O6. The molecule has 0 bridgehead atoms. The lowest BCUT2D eigenvalue weighted by molar-refractivity contribution is -0.139. The molecule has 0 aromatic carbocycles. The van der Waals surface area contributed by atoms with Gasteiger partial charge in [0.05, 0.1) is 5.56 Å². The van der Waals surface area contributed by atoms with Gasteiger partial charge in [0.25, 0.3) is 5.56 Å². The number of carbonyl (C=O) groups is 3. The van der Waals surface area contributed by atoms with Crippen molar-refractivity contribution in [3.8, 4) is 0 Å². The van der Waals surface area contributed by atoms with E-state index in [2.05, 4.69) is 15.3 Å². The molecule has 0 saturated heterocycles. The maximum absolute atomic E-state index is 12.5. The highest BCUT2D eigenvalue weighted by Gasteiger charge is 2.25. The summed E-state index contributed by atoms with van der Waals surface area (Å²) in [6.07, 6.45) is -0.0622. The molecular weight excluding hydrogens is 356 g/mol. The Morgan fingerprint density at radius 1 is 1.11 bits per heavy atom. The molecule has 10 nitrogen and oxygen atoms in total. The maximum atomic E-state index is 12.5. The Kier molecular flexibility index (Phi) is 8.76. The summed E-state index contributed by atoms with van der Waals surface area (Å²) >= 11 is 0. The summed E-state index contributed by atoms with van der Waals surface area (Å²) < 4.78 is 10.9. The lowest BCUT2D eigenvalue weighted by Crippen LogP contribution is -2.37. The molecule has 0 spiro atoms. The molecule has 0 aliphatic heterocycles. The Morgan fingerprint density at radius 3 is 2.11 bits per heavy atom. The zero-order chi connectivity index (χ0) is 20.6. The smallest absolute Gasteiger partial charge is 0.257 e. The van der Waals surface area contributed by atoms with Gasteiger partial charge >= 0.3 is 0 Å². The lowest BCUT2D eigenvalue weighted by Gasteiger charge is -2.21. The van der Waals surface area contributed by atoms with E-state index in [4.69, 9.17) is 9.47 Å². The summed E-state index contributed by atoms with van der Waals surface area (Å²) in [4.78, 5) is 55.0. The molecule has 1 heterocycles. The van der Waals surface area contributed by atoms with Crippen LogP contribution in [-0.4, -0.2) is 47.2 Å². The number of H-pyrrole nitrogens is 1. The van der Waals surface area contributed by atoms with Crippen LogP contribution in [0.1, 0.15) is 46.6 Å². The SMILES string of the molecule is CCOC(CCc1c(N(C(C)=O)C(C)=O)nc(NC(C)=O)[nH]c1=O)OCC. The number of nitrogens with one attached hydrogen (secondary N) is 2.